The van der Waals surface area contributed by atoms with Crippen LogP contribution in [0.2, 0.25) is 0 Å². The standard InChI is InChI=1S/C22H22N6O5S2/c1-33-26-16(13-10-34-22(23)24-13)18(29)25-17-19(30)28-15(21(31)32)8-12(35-20(17)28)9-27-7-3-5-11-4-2-6-14(11)27/h3,5,7-8,10,12,17,20H,2,4,6,9H2,1H3,(H3-,23,24,25,29,31,32)/p+1/b26-16+/t12-,17-,20-/m0/s1. The number of amides is 2. The fourth-order valence-electron chi connectivity index (χ4n) is 4.62. The van der Waals surface area contributed by atoms with Gasteiger partial charge in [0.25, 0.3) is 11.8 Å². The van der Waals surface area contributed by atoms with Crippen molar-refractivity contribution in [3.05, 3.63) is 52.4 Å². The lowest BCUT2D eigenvalue weighted by molar-refractivity contribution is -0.702. The Morgan fingerprint density at radius 1 is 1.43 bits per heavy atom. The molecule has 0 spiro atoms. The van der Waals surface area contributed by atoms with Crippen molar-refractivity contribution in [1.82, 2.24) is 15.2 Å². The Hall–Kier alpha value is -3.45. The van der Waals surface area contributed by atoms with Gasteiger partial charge < -0.3 is 21.0 Å². The molecule has 4 heterocycles. The molecule has 182 valence electrons. The van der Waals surface area contributed by atoms with E-state index in [9.17, 15) is 19.5 Å². The van der Waals surface area contributed by atoms with Gasteiger partial charge in [-0.25, -0.2) is 14.3 Å². The number of aromatic nitrogens is 2. The van der Waals surface area contributed by atoms with Crippen LogP contribution < -0.4 is 15.6 Å². The monoisotopic (exact) mass is 515 g/mol. The summed E-state index contributed by atoms with van der Waals surface area (Å²) in [5.41, 5.74) is 8.29. The summed E-state index contributed by atoms with van der Waals surface area (Å²) in [6.45, 7) is 0.568. The van der Waals surface area contributed by atoms with Crippen molar-refractivity contribution >= 4 is 51.7 Å². The number of oxime groups is 1. The zero-order valence-electron chi connectivity index (χ0n) is 18.7. The van der Waals surface area contributed by atoms with Crippen LogP contribution in [0.3, 0.4) is 0 Å². The Balaban J connectivity index is 1.36. The number of nitrogens with two attached hydrogens (primary N) is 1. The van der Waals surface area contributed by atoms with E-state index in [1.807, 2.05) is 12.3 Å². The number of carboxylic acids is 1. The Kier molecular flexibility index (Phi) is 6.19. The first-order valence-corrected chi connectivity index (χ1v) is 12.8. The van der Waals surface area contributed by atoms with Crippen LogP contribution in [0, 0.1) is 0 Å². The average molecular weight is 516 g/mol. The molecule has 2 aromatic heterocycles. The number of carbonyl (C=O) groups is 3. The second kappa shape index (κ2) is 9.30. The number of nitrogens with zero attached hydrogens (tertiary/aromatic N) is 4. The van der Waals surface area contributed by atoms with Gasteiger partial charge in [0.1, 0.15) is 29.9 Å². The van der Waals surface area contributed by atoms with Gasteiger partial charge in [-0.05, 0) is 25.0 Å². The van der Waals surface area contributed by atoms with E-state index in [0.29, 0.717) is 6.54 Å². The van der Waals surface area contributed by atoms with Gasteiger partial charge in [-0.1, -0.05) is 5.16 Å². The van der Waals surface area contributed by atoms with Crippen molar-refractivity contribution in [3.8, 4) is 0 Å². The number of thioether (sulfide) groups is 1. The predicted octanol–water partition coefficient (Wildman–Crippen LogP) is 0.289. The molecule has 11 nitrogen and oxygen atoms in total. The van der Waals surface area contributed by atoms with E-state index >= 15 is 0 Å². The summed E-state index contributed by atoms with van der Waals surface area (Å²) in [4.78, 5) is 47.9. The highest BCUT2D eigenvalue weighted by molar-refractivity contribution is 8.00. The first kappa shape index (κ1) is 23.3. The first-order chi connectivity index (χ1) is 16.9. The summed E-state index contributed by atoms with van der Waals surface area (Å²) in [5.74, 6) is -2.33. The molecule has 3 atom stereocenters. The Morgan fingerprint density at radius 2 is 2.26 bits per heavy atom. The highest BCUT2D eigenvalue weighted by Gasteiger charge is 2.55. The number of hydrogen-bond donors (Lipinski definition) is 3. The van der Waals surface area contributed by atoms with Crippen LogP contribution in [0.1, 0.15) is 23.4 Å². The molecule has 2 aromatic rings. The van der Waals surface area contributed by atoms with Crippen LogP contribution in [0.25, 0.3) is 0 Å². The molecule has 2 aliphatic heterocycles. The number of fused-ring (bicyclic) bond motifs is 2. The molecule has 1 fully saturated rings. The summed E-state index contributed by atoms with van der Waals surface area (Å²) < 4.78 is 2.16. The predicted molar refractivity (Wildman–Crippen MR) is 128 cm³/mol. The highest BCUT2D eigenvalue weighted by Crippen LogP contribution is 2.41. The van der Waals surface area contributed by atoms with Gasteiger partial charge in [-0.15, -0.1) is 23.1 Å². The quantitative estimate of drug-likeness (QED) is 0.206. The van der Waals surface area contributed by atoms with Gasteiger partial charge in [-0.3, -0.25) is 14.5 Å². The van der Waals surface area contributed by atoms with Crippen molar-refractivity contribution < 1.29 is 28.9 Å². The number of aliphatic carboxylic acids is 1. The third kappa shape index (κ3) is 4.25. The van der Waals surface area contributed by atoms with E-state index in [2.05, 4.69) is 26.1 Å². The third-order valence-corrected chi connectivity index (χ3v) is 8.22. The van der Waals surface area contributed by atoms with Crippen molar-refractivity contribution in [2.45, 2.75) is 42.5 Å². The number of rotatable bonds is 7. The largest absolute Gasteiger partial charge is 0.477 e. The third-order valence-electron chi connectivity index (χ3n) is 6.15. The molecular formula is C22H23N6O5S2+. The zero-order valence-corrected chi connectivity index (χ0v) is 20.3. The van der Waals surface area contributed by atoms with Crippen molar-refractivity contribution in [2.75, 3.05) is 12.8 Å². The van der Waals surface area contributed by atoms with Crippen molar-refractivity contribution in [2.24, 2.45) is 5.16 Å². The fraction of sp³-hybridized carbons (Fsp3) is 0.364. The number of aryl methyl sites for hydroxylation is 1. The normalized spacial score (nSPS) is 23.2. The summed E-state index contributed by atoms with van der Waals surface area (Å²) in [6, 6.07) is 3.21. The average Bonchev–Trinajstić information content (AvgIpc) is 3.49. The molecule has 35 heavy (non-hydrogen) atoms. The van der Waals surface area contributed by atoms with Gasteiger partial charge in [0.15, 0.2) is 29.3 Å². The summed E-state index contributed by atoms with van der Waals surface area (Å²) in [5, 5.41) is 17.3. The van der Waals surface area contributed by atoms with E-state index in [1.165, 1.54) is 35.0 Å². The molecule has 0 unspecified atom stereocenters. The van der Waals surface area contributed by atoms with Crippen LogP contribution in [0.5, 0.6) is 0 Å². The molecule has 5 rings (SSSR count). The smallest absolute Gasteiger partial charge is 0.352 e. The summed E-state index contributed by atoms with van der Waals surface area (Å²) in [7, 11) is 1.29. The lowest BCUT2D eigenvalue weighted by Crippen LogP contribution is -2.71. The minimum absolute atomic E-state index is 0.0690. The molecule has 4 N–H and O–H groups in total. The lowest BCUT2D eigenvalue weighted by Gasteiger charge is -2.49. The van der Waals surface area contributed by atoms with E-state index in [0.717, 1.165) is 30.6 Å². The minimum Gasteiger partial charge on any atom is -0.477 e. The number of carboxylic acid groups (broad SMARTS) is 1. The maximum atomic E-state index is 13.0. The Labute approximate surface area is 208 Å². The van der Waals surface area contributed by atoms with Gasteiger partial charge in [0.2, 0.25) is 0 Å². The molecule has 13 heteroatoms. The van der Waals surface area contributed by atoms with Crippen LogP contribution in [-0.2, 0) is 38.6 Å². The van der Waals surface area contributed by atoms with Gasteiger partial charge in [0.05, 0.1) is 5.25 Å². The van der Waals surface area contributed by atoms with Crippen LogP contribution in [0.4, 0.5) is 5.13 Å². The second-order valence-electron chi connectivity index (χ2n) is 8.26. The maximum Gasteiger partial charge on any atom is 0.352 e. The van der Waals surface area contributed by atoms with Crippen molar-refractivity contribution in [1.29, 1.82) is 0 Å². The number of thiazole rings is 1. The number of nitrogens with one attached hydrogen (secondary N) is 1. The van der Waals surface area contributed by atoms with E-state index in [4.69, 9.17) is 10.6 Å². The van der Waals surface area contributed by atoms with Crippen LogP contribution in [-0.4, -0.2) is 62.3 Å². The minimum atomic E-state index is -1.18. The molecule has 2 amide bonds. The van der Waals surface area contributed by atoms with Gasteiger partial charge in [0, 0.05) is 23.4 Å². The maximum absolute atomic E-state index is 13.0. The molecule has 0 radical (unpaired) electrons. The summed E-state index contributed by atoms with van der Waals surface area (Å²) >= 11 is 2.59. The summed E-state index contributed by atoms with van der Waals surface area (Å²) in [6.07, 6.45) is 6.75. The van der Waals surface area contributed by atoms with Gasteiger partial charge in [-0.2, -0.15) is 0 Å². The lowest BCUT2D eigenvalue weighted by atomic mass is 10.0. The Bertz CT molecular complexity index is 1270. The van der Waals surface area contributed by atoms with Crippen molar-refractivity contribution in [3.63, 3.8) is 0 Å². The zero-order chi connectivity index (χ0) is 24.7. The molecule has 3 aliphatic rings. The fourth-order valence-corrected chi connectivity index (χ4v) is 6.66. The number of β-lactam (4-membered cyclic amide) rings is 1. The number of nitrogen functional groups attached to an aromatic ring is 1. The number of anilines is 1. The number of pyridine rings is 1. The second-order valence-corrected chi connectivity index (χ2v) is 10.5. The van der Waals surface area contributed by atoms with Crippen LogP contribution >= 0.6 is 23.1 Å². The molecule has 1 aliphatic carbocycles. The SMILES string of the molecule is CO/N=C(/C(=O)N[C@H]1C(=O)N2C(C(=O)O)=C[C@@H](C[n+]3cccc4c3CCC4)S[C@@H]12)c1csc(N)n1. The van der Waals surface area contributed by atoms with E-state index in [-0.39, 0.29) is 27.5 Å². The van der Waals surface area contributed by atoms with Gasteiger partial charge >= 0.3 is 5.97 Å². The van der Waals surface area contributed by atoms with E-state index < -0.39 is 29.2 Å². The van der Waals surface area contributed by atoms with Crippen LogP contribution in [0.15, 0.2) is 40.6 Å². The number of carbonyl (C=O) groups excluding carboxylic acids is 2. The Morgan fingerprint density at radius 3 is 2.97 bits per heavy atom. The molecule has 0 aromatic carbocycles. The highest BCUT2D eigenvalue weighted by atomic mass is 32.2. The molecule has 1 saturated heterocycles. The molecule has 0 saturated carbocycles. The topological polar surface area (TPSA) is 151 Å². The number of hydrogen-bond acceptors (Lipinski definition) is 9. The first-order valence-electron chi connectivity index (χ1n) is 10.9. The molecular weight excluding hydrogens is 492 g/mol. The molecule has 0 bridgehead atoms. The van der Waals surface area contributed by atoms with E-state index in [1.54, 1.807) is 11.5 Å².